The third kappa shape index (κ3) is 4.69. The fourth-order valence-electron chi connectivity index (χ4n) is 5.44. The monoisotopic (exact) mass is 525 g/mol. The van der Waals surface area contributed by atoms with E-state index in [1.165, 1.54) is 4.90 Å². The molecule has 3 atom stereocenters. The van der Waals surface area contributed by atoms with Crippen LogP contribution >= 0.6 is 11.3 Å². The summed E-state index contributed by atoms with van der Waals surface area (Å²) >= 11 is 1.58. The number of anilines is 1. The first kappa shape index (κ1) is 27.3. The summed E-state index contributed by atoms with van der Waals surface area (Å²) in [7, 11) is 1.73. The smallest absolute Gasteiger partial charge is 0.234 e. The maximum Gasteiger partial charge on any atom is 0.234 e. The summed E-state index contributed by atoms with van der Waals surface area (Å²) in [5.41, 5.74) is 10.8. The van der Waals surface area contributed by atoms with Crippen LogP contribution in [0.4, 0.5) is 5.69 Å². The fourth-order valence-corrected chi connectivity index (χ4v) is 6.56. The highest BCUT2D eigenvalue weighted by atomic mass is 32.1. The number of carbonyl (C=O) groups excluding carboxylic acids is 2. The molecule has 1 aliphatic carbocycles. The van der Waals surface area contributed by atoms with Crippen LogP contribution in [0.25, 0.3) is 21.5 Å². The van der Waals surface area contributed by atoms with Crippen LogP contribution < -0.4 is 11.1 Å². The molecular formula is C28H39N5O3S. The second-order valence-electron chi connectivity index (χ2n) is 10.2. The molecule has 3 unspecified atom stereocenters. The first-order chi connectivity index (χ1) is 17.7. The van der Waals surface area contributed by atoms with Gasteiger partial charge in [-0.3, -0.25) is 19.5 Å². The Morgan fingerprint density at radius 2 is 1.89 bits per heavy atom. The van der Waals surface area contributed by atoms with Gasteiger partial charge in [-0.2, -0.15) is 0 Å². The Morgan fingerprint density at radius 1 is 1.22 bits per heavy atom. The van der Waals surface area contributed by atoms with Crippen molar-refractivity contribution in [2.75, 3.05) is 25.9 Å². The van der Waals surface area contributed by atoms with Crippen molar-refractivity contribution in [2.24, 2.45) is 17.3 Å². The van der Waals surface area contributed by atoms with Gasteiger partial charge in [0.1, 0.15) is 0 Å². The van der Waals surface area contributed by atoms with E-state index in [9.17, 15) is 9.59 Å². The van der Waals surface area contributed by atoms with Gasteiger partial charge in [0.25, 0.3) is 0 Å². The molecule has 8 nitrogen and oxygen atoms in total. The lowest BCUT2D eigenvalue weighted by molar-refractivity contribution is -0.143. The molecule has 2 fully saturated rings. The zero-order chi connectivity index (χ0) is 27.1. The van der Waals surface area contributed by atoms with Crippen molar-refractivity contribution in [3.05, 3.63) is 35.0 Å². The van der Waals surface area contributed by atoms with Crippen LogP contribution in [0.2, 0.25) is 0 Å². The quantitative estimate of drug-likeness (QED) is 0.400. The van der Waals surface area contributed by atoms with Gasteiger partial charge in [0.05, 0.1) is 52.6 Å². The maximum absolute atomic E-state index is 12.8. The molecular weight excluding hydrogens is 486 g/mol. The minimum atomic E-state index is -0.199. The van der Waals surface area contributed by atoms with Gasteiger partial charge >= 0.3 is 0 Å². The molecule has 5 rings (SSSR count). The number of nitrogens with zero attached hydrogens (tertiary/aromatic N) is 3. The zero-order valence-electron chi connectivity index (χ0n) is 22.9. The van der Waals surface area contributed by atoms with Gasteiger partial charge in [-0.05, 0) is 37.1 Å². The molecule has 2 amide bonds. The van der Waals surface area contributed by atoms with Crippen molar-refractivity contribution < 1.29 is 14.3 Å². The number of nitrogens with two attached hydrogens (primary N) is 1. The Hall–Kier alpha value is -2.75. The summed E-state index contributed by atoms with van der Waals surface area (Å²) in [5.74, 6) is -0.412. The number of fused-ring (bicyclic) bond motifs is 2. The number of rotatable bonds is 9. The summed E-state index contributed by atoms with van der Waals surface area (Å²) in [6.45, 7) is 14.7. The molecule has 200 valence electrons. The Kier molecular flexibility index (Phi) is 7.78. The Labute approximate surface area is 223 Å². The Bertz CT molecular complexity index is 1290. The number of nitrogens with one attached hydrogen (secondary N) is 1. The van der Waals surface area contributed by atoms with E-state index in [0.717, 1.165) is 50.8 Å². The SMILES string of the molecule is CC.CCNCC(Cn1c(-c2ccnc3cc(CN4C(=O)C5C(C4=O)C5(C)C)sc23)cc(N)c1C)OC. The number of hydrogen-bond acceptors (Lipinski definition) is 7. The summed E-state index contributed by atoms with van der Waals surface area (Å²) in [4.78, 5) is 32.6. The lowest BCUT2D eigenvalue weighted by atomic mass is 10.1. The van der Waals surface area contributed by atoms with E-state index in [2.05, 4.69) is 21.8 Å². The summed E-state index contributed by atoms with van der Waals surface area (Å²) in [6, 6.07) is 6.00. The van der Waals surface area contributed by atoms with E-state index in [1.807, 2.05) is 52.8 Å². The first-order valence-electron chi connectivity index (χ1n) is 13.1. The van der Waals surface area contributed by atoms with Crippen molar-refractivity contribution in [1.82, 2.24) is 19.8 Å². The fraction of sp³-hybridized carbons (Fsp3) is 0.536. The molecule has 9 heteroatoms. The van der Waals surface area contributed by atoms with Crippen molar-refractivity contribution >= 4 is 39.1 Å². The van der Waals surface area contributed by atoms with Crippen LogP contribution in [-0.4, -0.2) is 52.6 Å². The highest BCUT2D eigenvalue weighted by Gasteiger charge is 2.72. The molecule has 4 heterocycles. The van der Waals surface area contributed by atoms with Crippen LogP contribution in [0.5, 0.6) is 0 Å². The van der Waals surface area contributed by atoms with Gasteiger partial charge in [-0.15, -0.1) is 11.3 Å². The van der Waals surface area contributed by atoms with Crippen LogP contribution in [0.1, 0.15) is 45.2 Å². The van der Waals surface area contributed by atoms with Gasteiger partial charge in [-0.1, -0.05) is 34.6 Å². The van der Waals surface area contributed by atoms with E-state index in [1.54, 1.807) is 24.6 Å². The van der Waals surface area contributed by atoms with Crippen molar-refractivity contribution in [1.29, 1.82) is 0 Å². The third-order valence-electron chi connectivity index (χ3n) is 7.69. The van der Waals surface area contributed by atoms with Crippen LogP contribution in [-0.2, 0) is 27.4 Å². The second kappa shape index (κ2) is 10.6. The lowest BCUT2D eigenvalue weighted by Gasteiger charge is -2.20. The van der Waals surface area contributed by atoms with Gasteiger partial charge < -0.3 is 20.4 Å². The largest absolute Gasteiger partial charge is 0.397 e. The van der Waals surface area contributed by atoms with Gasteiger partial charge in [0.15, 0.2) is 0 Å². The molecule has 1 saturated carbocycles. The molecule has 1 saturated heterocycles. The number of methoxy groups -OCH3 is 1. The molecule has 3 aromatic rings. The highest BCUT2D eigenvalue weighted by Crippen LogP contribution is 2.63. The third-order valence-corrected chi connectivity index (χ3v) is 8.83. The number of imide groups is 1. The lowest BCUT2D eigenvalue weighted by Crippen LogP contribution is -2.35. The van der Waals surface area contributed by atoms with Crippen molar-refractivity contribution in [3.8, 4) is 11.3 Å². The summed E-state index contributed by atoms with van der Waals surface area (Å²) < 4.78 is 8.95. The topological polar surface area (TPSA) is 102 Å². The normalized spacial score (nSPS) is 20.7. The Balaban J connectivity index is 0.00000156. The average Bonchev–Trinajstić information content (AvgIpc) is 3.15. The minimum Gasteiger partial charge on any atom is -0.397 e. The summed E-state index contributed by atoms with van der Waals surface area (Å²) in [6.07, 6.45) is 1.80. The van der Waals surface area contributed by atoms with E-state index < -0.39 is 0 Å². The van der Waals surface area contributed by atoms with Gasteiger partial charge in [0.2, 0.25) is 11.8 Å². The van der Waals surface area contributed by atoms with Crippen molar-refractivity contribution in [2.45, 2.75) is 60.7 Å². The minimum absolute atomic E-state index is 0.00157. The predicted molar refractivity (Wildman–Crippen MR) is 149 cm³/mol. The van der Waals surface area contributed by atoms with Crippen LogP contribution in [0.15, 0.2) is 24.4 Å². The number of thiophene rings is 1. The number of amides is 2. The maximum atomic E-state index is 12.8. The number of aromatic nitrogens is 2. The zero-order valence-corrected chi connectivity index (χ0v) is 23.7. The molecule has 0 aromatic carbocycles. The molecule has 0 spiro atoms. The number of nitrogen functional groups attached to an aromatic ring is 1. The molecule has 0 radical (unpaired) electrons. The average molecular weight is 526 g/mol. The number of carbonyl (C=O) groups is 2. The number of ether oxygens (including phenoxy) is 1. The van der Waals surface area contributed by atoms with Crippen molar-refractivity contribution in [3.63, 3.8) is 0 Å². The molecule has 37 heavy (non-hydrogen) atoms. The highest BCUT2D eigenvalue weighted by molar-refractivity contribution is 7.19. The second-order valence-corrected chi connectivity index (χ2v) is 11.3. The summed E-state index contributed by atoms with van der Waals surface area (Å²) in [5, 5.41) is 3.35. The number of piperidine rings is 1. The molecule has 1 aliphatic heterocycles. The first-order valence-corrected chi connectivity index (χ1v) is 13.9. The van der Waals surface area contributed by atoms with Gasteiger partial charge in [-0.25, -0.2) is 0 Å². The van der Waals surface area contributed by atoms with E-state index in [0.29, 0.717) is 13.1 Å². The van der Waals surface area contributed by atoms with E-state index in [4.69, 9.17) is 10.5 Å². The molecule has 0 bridgehead atoms. The van der Waals surface area contributed by atoms with E-state index >= 15 is 0 Å². The standard InChI is InChI=1S/C26H33N5O3S.C2H6/c1-6-28-11-15(34-5)12-30-14(2)18(27)10-20(30)17-7-8-29-19-9-16(35-23(17)19)13-31-24(32)21-22(25(31)33)26(21,3)4;1-2/h7-10,15,21-22,28H,6,11-13,27H2,1-5H3;1-2H3. The molecule has 2 aliphatic rings. The van der Waals surface area contributed by atoms with Gasteiger partial charge in [0, 0.05) is 36.0 Å². The van der Waals surface area contributed by atoms with E-state index in [-0.39, 0.29) is 35.2 Å². The molecule has 3 N–H and O–H groups in total. The van der Waals surface area contributed by atoms with Crippen LogP contribution in [0.3, 0.4) is 0 Å². The number of pyridine rings is 1. The molecule has 3 aromatic heterocycles. The predicted octanol–water partition coefficient (Wildman–Crippen LogP) is 4.45. The number of hydrogen-bond donors (Lipinski definition) is 2. The number of likely N-dealkylation sites (N-methyl/N-ethyl adjacent to an activating group) is 1. The number of likely N-dealkylation sites (tertiary alicyclic amines) is 1. The Morgan fingerprint density at radius 3 is 2.51 bits per heavy atom. The van der Waals surface area contributed by atoms with Crippen LogP contribution in [0, 0.1) is 24.2 Å².